The van der Waals surface area contributed by atoms with Crippen molar-refractivity contribution in [2.24, 2.45) is 5.92 Å². The van der Waals surface area contributed by atoms with Crippen molar-refractivity contribution in [1.82, 2.24) is 19.6 Å². The zero-order valence-corrected chi connectivity index (χ0v) is 9.08. The lowest BCUT2D eigenvalue weighted by atomic mass is 10.1. The van der Waals surface area contributed by atoms with E-state index in [2.05, 4.69) is 28.9 Å². The highest BCUT2D eigenvalue weighted by molar-refractivity contribution is 5.85. The molecule has 0 aliphatic heterocycles. The van der Waals surface area contributed by atoms with Crippen LogP contribution in [0.15, 0.2) is 12.4 Å². The summed E-state index contributed by atoms with van der Waals surface area (Å²) in [5, 5.41) is 12.9. The molecule has 6 heteroatoms. The number of carboxylic acid groups (broad SMARTS) is 1. The SMILES string of the molecule is CC(C)Cc1cc(C(=O)O)nc2ncnn12. The number of hydrogen-bond acceptors (Lipinski definition) is 4. The molecule has 0 unspecified atom stereocenters. The van der Waals surface area contributed by atoms with Gasteiger partial charge in [0.2, 0.25) is 0 Å². The lowest BCUT2D eigenvalue weighted by Gasteiger charge is -2.07. The predicted molar refractivity (Wildman–Crippen MR) is 56.3 cm³/mol. The highest BCUT2D eigenvalue weighted by atomic mass is 16.4. The van der Waals surface area contributed by atoms with Gasteiger partial charge in [-0.2, -0.15) is 10.1 Å². The fourth-order valence-corrected chi connectivity index (χ4v) is 1.55. The summed E-state index contributed by atoms with van der Waals surface area (Å²) in [6, 6.07) is 1.55. The number of fused-ring (bicyclic) bond motifs is 1. The molecule has 2 aromatic rings. The highest BCUT2D eigenvalue weighted by Gasteiger charge is 2.12. The summed E-state index contributed by atoms with van der Waals surface area (Å²) in [6.07, 6.45) is 2.11. The molecule has 84 valence electrons. The second-order valence-electron chi connectivity index (χ2n) is 4.01. The first-order valence-corrected chi connectivity index (χ1v) is 5.01. The van der Waals surface area contributed by atoms with Crippen LogP contribution in [0.4, 0.5) is 0 Å². The smallest absolute Gasteiger partial charge is 0.354 e. The second kappa shape index (κ2) is 3.88. The Balaban J connectivity index is 2.59. The van der Waals surface area contributed by atoms with Gasteiger partial charge >= 0.3 is 5.97 Å². The van der Waals surface area contributed by atoms with E-state index in [-0.39, 0.29) is 5.69 Å². The number of carboxylic acids is 1. The standard InChI is InChI=1S/C10H12N4O2/c1-6(2)3-7-4-8(9(15)16)13-10-11-5-12-14(7)10/h4-6H,3H2,1-2H3,(H,15,16). The van der Waals surface area contributed by atoms with E-state index in [1.807, 2.05) is 0 Å². The van der Waals surface area contributed by atoms with Crippen molar-refractivity contribution in [3.05, 3.63) is 23.8 Å². The maximum Gasteiger partial charge on any atom is 0.354 e. The normalized spacial score (nSPS) is 11.2. The molecule has 1 N–H and O–H groups in total. The van der Waals surface area contributed by atoms with Crippen LogP contribution in [0.5, 0.6) is 0 Å². The zero-order chi connectivity index (χ0) is 11.7. The minimum atomic E-state index is -1.05. The summed E-state index contributed by atoms with van der Waals surface area (Å²) in [6.45, 7) is 4.12. The van der Waals surface area contributed by atoms with Crippen molar-refractivity contribution in [3.8, 4) is 0 Å². The Kier molecular flexibility index (Phi) is 2.55. The molecule has 0 radical (unpaired) electrons. The lowest BCUT2D eigenvalue weighted by Crippen LogP contribution is -2.09. The third-order valence-electron chi connectivity index (χ3n) is 2.16. The van der Waals surface area contributed by atoms with E-state index >= 15 is 0 Å². The van der Waals surface area contributed by atoms with Gasteiger partial charge in [0.15, 0.2) is 5.69 Å². The van der Waals surface area contributed by atoms with Gasteiger partial charge in [-0.3, -0.25) is 0 Å². The number of carbonyl (C=O) groups is 1. The first-order chi connectivity index (χ1) is 7.58. The molecule has 0 atom stereocenters. The molecule has 2 rings (SSSR count). The molecule has 2 aromatic heterocycles. The van der Waals surface area contributed by atoms with E-state index in [1.54, 1.807) is 10.6 Å². The Morgan fingerprint density at radius 3 is 2.94 bits per heavy atom. The molecule has 0 fully saturated rings. The van der Waals surface area contributed by atoms with E-state index in [4.69, 9.17) is 5.11 Å². The van der Waals surface area contributed by atoms with Gasteiger partial charge < -0.3 is 5.11 Å². The number of hydrogen-bond donors (Lipinski definition) is 1. The van der Waals surface area contributed by atoms with Crippen LogP contribution in [0, 0.1) is 5.92 Å². The molecule has 0 amide bonds. The fourth-order valence-electron chi connectivity index (χ4n) is 1.55. The van der Waals surface area contributed by atoms with Gasteiger partial charge in [-0.05, 0) is 18.4 Å². The highest BCUT2D eigenvalue weighted by Crippen LogP contribution is 2.10. The number of aromatic nitrogens is 4. The molecule has 0 aliphatic carbocycles. The summed E-state index contributed by atoms with van der Waals surface area (Å²) < 4.78 is 1.58. The molecular formula is C10H12N4O2. The minimum absolute atomic E-state index is 0.0103. The van der Waals surface area contributed by atoms with Crippen LogP contribution in [-0.2, 0) is 6.42 Å². The van der Waals surface area contributed by atoms with E-state index in [1.165, 1.54) is 6.33 Å². The van der Waals surface area contributed by atoms with Crippen molar-refractivity contribution in [3.63, 3.8) is 0 Å². The van der Waals surface area contributed by atoms with Gasteiger partial charge in [-0.15, -0.1) is 0 Å². The second-order valence-corrected chi connectivity index (χ2v) is 4.01. The number of aromatic carboxylic acids is 1. The topological polar surface area (TPSA) is 80.4 Å². The van der Waals surface area contributed by atoms with Crippen molar-refractivity contribution in [2.45, 2.75) is 20.3 Å². The van der Waals surface area contributed by atoms with Crippen LogP contribution in [0.25, 0.3) is 5.78 Å². The van der Waals surface area contributed by atoms with Gasteiger partial charge in [0, 0.05) is 5.69 Å². The molecule has 16 heavy (non-hydrogen) atoms. The average molecular weight is 220 g/mol. The summed E-state index contributed by atoms with van der Waals surface area (Å²) in [5.41, 5.74) is 0.825. The zero-order valence-electron chi connectivity index (χ0n) is 9.08. The Morgan fingerprint density at radius 1 is 1.56 bits per heavy atom. The maximum atomic E-state index is 10.9. The van der Waals surface area contributed by atoms with Crippen molar-refractivity contribution in [1.29, 1.82) is 0 Å². The largest absolute Gasteiger partial charge is 0.477 e. The fraction of sp³-hybridized carbons (Fsp3) is 0.400. The Bertz CT molecular complexity index is 533. The lowest BCUT2D eigenvalue weighted by molar-refractivity contribution is 0.0690. The molecule has 0 aromatic carbocycles. The van der Waals surface area contributed by atoms with Crippen LogP contribution < -0.4 is 0 Å². The van der Waals surface area contributed by atoms with Crippen molar-refractivity contribution < 1.29 is 9.90 Å². The summed E-state index contributed by atoms with van der Waals surface area (Å²) in [7, 11) is 0. The van der Waals surface area contributed by atoms with Gasteiger partial charge in [0.25, 0.3) is 5.78 Å². The molecule has 0 saturated carbocycles. The quantitative estimate of drug-likeness (QED) is 0.835. The van der Waals surface area contributed by atoms with Crippen LogP contribution >= 0.6 is 0 Å². The molecule has 0 bridgehead atoms. The maximum absolute atomic E-state index is 10.9. The van der Waals surface area contributed by atoms with E-state index in [0.29, 0.717) is 11.7 Å². The summed E-state index contributed by atoms with van der Waals surface area (Å²) >= 11 is 0. The van der Waals surface area contributed by atoms with Gasteiger partial charge in [-0.25, -0.2) is 14.3 Å². The third kappa shape index (κ3) is 1.86. The Labute approximate surface area is 92.0 Å². The average Bonchev–Trinajstić information content (AvgIpc) is 2.64. The van der Waals surface area contributed by atoms with E-state index in [0.717, 1.165) is 12.1 Å². The molecule has 0 spiro atoms. The monoisotopic (exact) mass is 220 g/mol. The van der Waals surface area contributed by atoms with Crippen LogP contribution in [0.1, 0.15) is 30.0 Å². The third-order valence-corrected chi connectivity index (χ3v) is 2.16. The van der Waals surface area contributed by atoms with Crippen LogP contribution in [-0.4, -0.2) is 30.7 Å². The van der Waals surface area contributed by atoms with Crippen molar-refractivity contribution in [2.75, 3.05) is 0 Å². The Morgan fingerprint density at radius 2 is 2.31 bits per heavy atom. The molecule has 0 saturated heterocycles. The molecule has 6 nitrogen and oxygen atoms in total. The molecular weight excluding hydrogens is 208 g/mol. The van der Waals surface area contributed by atoms with E-state index in [9.17, 15) is 4.79 Å². The van der Waals surface area contributed by atoms with Gasteiger partial charge in [0.1, 0.15) is 6.33 Å². The van der Waals surface area contributed by atoms with Crippen molar-refractivity contribution >= 4 is 11.7 Å². The first-order valence-electron chi connectivity index (χ1n) is 5.01. The van der Waals surface area contributed by atoms with E-state index < -0.39 is 5.97 Å². The first kappa shape index (κ1) is 10.5. The van der Waals surface area contributed by atoms with Gasteiger partial charge in [-0.1, -0.05) is 13.8 Å². The Hall–Kier alpha value is -1.98. The number of nitrogens with zero attached hydrogens (tertiary/aromatic N) is 4. The predicted octanol–water partition coefficient (Wildman–Crippen LogP) is 1.02. The molecule has 0 aliphatic rings. The molecule has 2 heterocycles. The summed E-state index contributed by atoms with van der Waals surface area (Å²) in [4.78, 5) is 18.7. The van der Waals surface area contributed by atoms with Gasteiger partial charge in [0.05, 0.1) is 0 Å². The number of rotatable bonds is 3. The van der Waals surface area contributed by atoms with Crippen LogP contribution in [0.3, 0.4) is 0 Å². The summed E-state index contributed by atoms with van der Waals surface area (Å²) in [5.74, 6) is -0.303. The van der Waals surface area contributed by atoms with Crippen LogP contribution in [0.2, 0.25) is 0 Å². The minimum Gasteiger partial charge on any atom is -0.477 e.